The van der Waals surface area contributed by atoms with Crippen molar-refractivity contribution in [2.24, 2.45) is 5.41 Å². The second kappa shape index (κ2) is 8.49. The van der Waals surface area contributed by atoms with Crippen molar-refractivity contribution in [1.82, 2.24) is 15.5 Å². The van der Waals surface area contributed by atoms with Gasteiger partial charge in [-0.15, -0.1) is 0 Å². The van der Waals surface area contributed by atoms with E-state index in [-0.39, 0.29) is 23.4 Å². The third-order valence-electron chi connectivity index (χ3n) is 6.26. The number of hydrogen-bond acceptors (Lipinski definition) is 4. The zero-order chi connectivity index (χ0) is 22.0. The van der Waals surface area contributed by atoms with Crippen molar-refractivity contribution in [3.05, 3.63) is 59.7 Å². The summed E-state index contributed by atoms with van der Waals surface area (Å²) in [4.78, 5) is 28.9. The van der Waals surface area contributed by atoms with Crippen molar-refractivity contribution in [3.63, 3.8) is 0 Å². The molecule has 1 aliphatic heterocycles. The molecule has 4 rings (SSSR count). The van der Waals surface area contributed by atoms with E-state index in [0.717, 1.165) is 48.5 Å². The molecule has 0 atom stereocenters. The number of nitrogens with one attached hydrogen (secondary N) is 2. The lowest BCUT2D eigenvalue weighted by molar-refractivity contribution is -0.0585. The Labute approximate surface area is 183 Å². The van der Waals surface area contributed by atoms with Gasteiger partial charge in [0.25, 0.3) is 5.91 Å². The molecule has 1 spiro atoms. The van der Waals surface area contributed by atoms with Gasteiger partial charge in [0.1, 0.15) is 5.75 Å². The van der Waals surface area contributed by atoms with E-state index >= 15 is 0 Å². The maximum atomic E-state index is 12.8. The summed E-state index contributed by atoms with van der Waals surface area (Å²) in [6, 6.07) is 15.4. The monoisotopic (exact) mass is 422 g/mol. The Morgan fingerprint density at radius 1 is 1.13 bits per heavy atom. The molecule has 1 heterocycles. The van der Waals surface area contributed by atoms with Crippen molar-refractivity contribution in [1.29, 1.82) is 0 Å². The number of carbonyl (C=O) groups is 2. The number of benzene rings is 2. The van der Waals surface area contributed by atoms with E-state index < -0.39 is 0 Å². The fourth-order valence-corrected chi connectivity index (χ4v) is 4.51. The molecular formula is C24H30N4O3. The highest BCUT2D eigenvalue weighted by atomic mass is 16.5. The summed E-state index contributed by atoms with van der Waals surface area (Å²) >= 11 is 0. The van der Waals surface area contributed by atoms with Crippen LogP contribution in [0.15, 0.2) is 48.5 Å². The van der Waals surface area contributed by atoms with E-state index in [2.05, 4.69) is 10.6 Å². The average Bonchev–Trinajstić information content (AvgIpc) is 2.73. The highest BCUT2D eigenvalue weighted by Gasteiger charge is 2.54. The van der Waals surface area contributed by atoms with Crippen LogP contribution in [0.1, 0.15) is 28.8 Å². The molecule has 1 saturated heterocycles. The van der Waals surface area contributed by atoms with Crippen molar-refractivity contribution >= 4 is 17.6 Å². The number of hydrogen-bond donors (Lipinski definition) is 2. The van der Waals surface area contributed by atoms with Gasteiger partial charge < -0.3 is 25.2 Å². The summed E-state index contributed by atoms with van der Waals surface area (Å²) in [5, 5.41) is 5.95. The third-order valence-corrected chi connectivity index (χ3v) is 6.26. The Morgan fingerprint density at radius 2 is 1.84 bits per heavy atom. The van der Waals surface area contributed by atoms with Crippen LogP contribution in [0.2, 0.25) is 0 Å². The van der Waals surface area contributed by atoms with Crippen LogP contribution in [0.25, 0.3) is 0 Å². The molecule has 1 aliphatic carbocycles. The minimum atomic E-state index is -0.150. The Morgan fingerprint density at radius 3 is 2.48 bits per heavy atom. The van der Waals surface area contributed by atoms with Crippen LogP contribution in [0.5, 0.6) is 5.75 Å². The molecule has 1 saturated carbocycles. The average molecular weight is 423 g/mol. The van der Waals surface area contributed by atoms with Gasteiger partial charge in [-0.3, -0.25) is 4.79 Å². The summed E-state index contributed by atoms with van der Waals surface area (Å²) in [5.41, 5.74) is 2.94. The van der Waals surface area contributed by atoms with Gasteiger partial charge in [0.2, 0.25) is 0 Å². The number of rotatable bonds is 6. The molecule has 0 bridgehead atoms. The Kier molecular flexibility index (Phi) is 5.76. The van der Waals surface area contributed by atoms with Crippen molar-refractivity contribution in [3.8, 4) is 5.75 Å². The zero-order valence-electron chi connectivity index (χ0n) is 18.4. The predicted molar refractivity (Wildman–Crippen MR) is 120 cm³/mol. The molecule has 2 aromatic rings. The minimum Gasteiger partial charge on any atom is -0.497 e. The van der Waals surface area contributed by atoms with E-state index in [1.165, 1.54) is 0 Å². The molecule has 31 heavy (non-hydrogen) atoms. The molecule has 3 amide bonds. The quantitative estimate of drug-likeness (QED) is 0.751. The molecule has 164 valence electrons. The summed E-state index contributed by atoms with van der Waals surface area (Å²) < 4.78 is 5.14. The van der Waals surface area contributed by atoms with Gasteiger partial charge in [-0.1, -0.05) is 18.2 Å². The first-order chi connectivity index (χ1) is 14.9. The first-order valence-electron chi connectivity index (χ1n) is 10.6. The van der Waals surface area contributed by atoms with Gasteiger partial charge in [-0.25, -0.2) is 4.79 Å². The van der Waals surface area contributed by atoms with E-state index in [4.69, 9.17) is 4.74 Å². The highest BCUT2D eigenvalue weighted by molar-refractivity contribution is 5.95. The first-order valence-corrected chi connectivity index (χ1v) is 10.6. The number of methoxy groups -OCH3 is 1. The predicted octanol–water partition coefficient (Wildman–Crippen LogP) is 2.87. The molecule has 0 aromatic heterocycles. The zero-order valence-corrected chi connectivity index (χ0v) is 18.4. The SMILES string of the molecule is COc1ccc(CNC(=O)NC2CC3(C2)CN(C(=O)c2cccc(N(C)C)c2)C3)cc1. The van der Waals surface area contributed by atoms with E-state index in [1.807, 2.05) is 72.4 Å². The van der Waals surface area contributed by atoms with E-state index in [0.29, 0.717) is 6.54 Å². The molecule has 2 N–H and O–H groups in total. The maximum absolute atomic E-state index is 12.8. The molecule has 7 nitrogen and oxygen atoms in total. The number of anilines is 1. The van der Waals surface area contributed by atoms with Gasteiger partial charge in [0.15, 0.2) is 0 Å². The molecular weight excluding hydrogens is 392 g/mol. The minimum absolute atomic E-state index is 0.0861. The van der Waals surface area contributed by atoms with Crippen LogP contribution < -0.4 is 20.3 Å². The first kappa shape index (κ1) is 21.0. The fourth-order valence-electron chi connectivity index (χ4n) is 4.51. The molecule has 7 heteroatoms. The van der Waals surface area contributed by atoms with Gasteiger partial charge in [0.05, 0.1) is 7.11 Å². The van der Waals surface area contributed by atoms with Gasteiger partial charge in [0, 0.05) is 56.4 Å². The number of likely N-dealkylation sites (tertiary alicyclic amines) is 1. The summed E-state index contributed by atoms with van der Waals surface area (Å²) in [6.45, 7) is 2.01. The maximum Gasteiger partial charge on any atom is 0.315 e. The van der Waals surface area contributed by atoms with Crippen molar-refractivity contribution in [2.75, 3.05) is 39.2 Å². The number of nitrogens with zero attached hydrogens (tertiary/aromatic N) is 2. The third kappa shape index (κ3) is 4.60. The summed E-state index contributed by atoms with van der Waals surface area (Å²) in [5.74, 6) is 0.884. The van der Waals surface area contributed by atoms with Crippen LogP contribution >= 0.6 is 0 Å². The van der Waals surface area contributed by atoms with E-state index in [1.54, 1.807) is 7.11 Å². The number of amides is 3. The van der Waals surface area contributed by atoms with Crippen LogP contribution in [0.3, 0.4) is 0 Å². The van der Waals surface area contributed by atoms with Crippen LogP contribution in [0.4, 0.5) is 10.5 Å². The smallest absolute Gasteiger partial charge is 0.315 e. The van der Waals surface area contributed by atoms with E-state index in [9.17, 15) is 9.59 Å². The van der Waals surface area contributed by atoms with Gasteiger partial charge in [-0.05, 0) is 48.7 Å². The van der Waals surface area contributed by atoms with Gasteiger partial charge in [-0.2, -0.15) is 0 Å². The second-order valence-corrected chi connectivity index (χ2v) is 8.89. The summed E-state index contributed by atoms with van der Waals surface area (Å²) in [7, 11) is 5.57. The highest BCUT2D eigenvalue weighted by Crippen LogP contribution is 2.48. The topological polar surface area (TPSA) is 73.9 Å². The van der Waals surface area contributed by atoms with Crippen molar-refractivity contribution in [2.45, 2.75) is 25.4 Å². The Balaban J connectivity index is 1.19. The van der Waals surface area contributed by atoms with Crippen LogP contribution in [-0.2, 0) is 6.54 Å². The standard InChI is InChI=1S/C24H30N4O3/c1-27(2)20-6-4-5-18(11-20)22(29)28-15-24(16-28)12-19(13-24)26-23(30)25-14-17-7-9-21(31-3)10-8-17/h4-11,19H,12-16H2,1-3H3,(H2,25,26,30). The lowest BCUT2D eigenvalue weighted by atomic mass is 9.60. The lowest BCUT2D eigenvalue weighted by Crippen LogP contribution is -2.67. The number of ether oxygens (including phenoxy) is 1. The van der Waals surface area contributed by atoms with Crippen LogP contribution in [0, 0.1) is 5.41 Å². The van der Waals surface area contributed by atoms with Crippen LogP contribution in [-0.4, -0.2) is 57.2 Å². The molecule has 0 radical (unpaired) electrons. The number of carbonyl (C=O) groups excluding carboxylic acids is 2. The molecule has 2 aromatic carbocycles. The fraction of sp³-hybridized carbons (Fsp3) is 0.417. The molecule has 2 aliphatic rings. The molecule has 0 unspecified atom stereocenters. The van der Waals surface area contributed by atoms with Gasteiger partial charge >= 0.3 is 6.03 Å². The lowest BCUT2D eigenvalue weighted by Gasteiger charge is -2.59. The number of urea groups is 1. The Hall–Kier alpha value is -3.22. The summed E-state index contributed by atoms with van der Waals surface area (Å²) in [6.07, 6.45) is 1.84. The normalized spacial score (nSPS) is 16.8. The molecule has 2 fully saturated rings. The largest absolute Gasteiger partial charge is 0.497 e. The van der Waals surface area contributed by atoms with Crippen molar-refractivity contribution < 1.29 is 14.3 Å². The second-order valence-electron chi connectivity index (χ2n) is 8.89. The Bertz CT molecular complexity index is 944.